The van der Waals surface area contributed by atoms with Crippen molar-refractivity contribution in [2.24, 2.45) is 0 Å². The van der Waals surface area contributed by atoms with Gasteiger partial charge in [-0.3, -0.25) is 0 Å². The summed E-state index contributed by atoms with van der Waals surface area (Å²) in [5, 5.41) is 0. The van der Waals surface area contributed by atoms with Gasteiger partial charge in [0.05, 0.1) is 0 Å². The van der Waals surface area contributed by atoms with Crippen molar-refractivity contribution >= 4 is 0 Å². The molecule has 2 heteroatoms. The molecule has 0 saturated heterocycles. The first-order valence-corrected chi connectivity index (χ1v) is 6.43. The lowest BCUT2D eigenvalue weighted by Crippen LogP contribution is -2.02. The highest BCUT2D eigenvalue weighted by Gasteiger charge is 2.14. The first-order chi connectivity index (χ1) is 8.97. The average molecular weight is 260 g/mol. The number of aryl methyl sites for hydroxylation is 3. The molecule has 0 bridgehead atoms. The minimum absolute atomic E-state index is 0.335. The maximum atomic E-state index is 14.3. The Kier molecular flexibility index (Phi) is 3.98. The van der Waals surface area contributed by atoms with Crippen molar-refractivity contribution in [2.75, 3.05) is 0 Å². The first kappa shape index (κ1) is 13.7. The van der Waals surface area contributed by atoms with Gasteiger partial charge in [0.1, 0.15) is 12.0 Å². The zero-order chi connectivity index (χ0) is 14.0. The Labute approximate surface area is 113 Å². The molecule has 0 nitrogen and oxygen atoms in total. The maximum Gasteiger partial charge on any atom is 0.129 e. The van der Waals surface area contributed by atoms with Gasteiger partial charge in [0, 0.05) is 6.42 Å². The summed E-state index contributed by atoms with van der Waals surface area (Å²) in [4.78, 5) is 0. The molecule has 0 aliphatic heterocycles. The summed E-state index contributed by atoms with van der Waals surface area (Å²) >= 11 is 0. The fourth-order valence-electron chi connectivity index (χ4n) is 2.50. The third kappa shape index (κ3) is 3.19. The Morgan fingerprint density at radius 2 is 1.47 bits per heavy atom. The van der Waals surface area contributed by atoms with Crippen LogP contribution < -0.4 is 0 Å². The van der Waals surface area contributed by atoms with E-state index in [1.807, 2.05) is 20.8 Å². The van der Waals surface area contributed by atoms with Gasteiger partial charge >= 0.3 is 0 Å². The second kappa shape index (κ2) is 5.52. The van der Waals surface area contributed by atoms with E-state index >= 15 is 0 Å². The molecule has 2 aromatic rings. The van der Waals surface area contributed by atoms with E-state index in [9.17, 15) is 8.78 Å². The van der Waals surface area contributed by atoms with Crippen LogP contribution in [0.15, 0.2) is 36.4 Å². The summed E-state index contributed by atoms with van der Waals surface area (Å²) < 4.78 is 27.1. The van der Waals surface area contributed by atoms with Crippen molar-refractivity contribution in [1.82, 2.24) is 0 Å². The molecule has 0 saturated carbocycles. The summed E-state index contributed by atoms with van der Waals surface area (Å²) in [7, 11) is 0. The standard InChI is InChI=1S/C17H18F2/c1-11-8-12(2)16(13(3)9-11)10-17(19)14-4-6-15(18)7-5-14/h4-9,17H,10H2,1-3H3. The predicted molar refractivity (Wildman–Crippen MR) is 74.6 cm³/mol. The molecule has 0 aromatic heterocycles. The fraction of sp³-hybridized carbons (Fsp3) is 0.294. The van der Waals surface area contributed by atoms with Crippen molar-refractivity contribution in [3.8, 4) is 0 Å². The highest BCUT2D eigenvalue weighted by atomic mass is 19.1. The zero-order valence-corrected chi connectivity index (χ0v) is 11.5. The topological polar surface area (TPSA) is 0 Å². The molecule has 0 spiro atoms. The molecule has 0 aliphatic carbocycles. The molecule has 0 aliphatic rings. The molecule has 0 amide bonds. The largest absolute Gasteiger partial charge is 0.242 e. The van der Waals surface area contributed by atoms with Crippen LogP contribution >= 0.6 is 0 Å². The van der Waals surface area contributed by atoms with E-state index in [0.717, 1.165) is 16.7 Å². The molecule has 1 unspecified atom stereocenters. The summed E-state index contributed by atoms with van der Waals surface area (Å²) in [5.74, 6) is -0.335. The molecule has 0 heterocycles. The van der Waals surface area contributed by atoms with Gasteiger partial charge in [-0.05, 0) is 55.2 Å². The number of hydrogen-bond acceptors (Lipinski definition) is 0. The second-order valence-electron chi connectivity index (χ2n) is 5.10. The van der Waals surface area contributed by atoms with Gasteiger partial charge in [-0.1, -0.05) is 29.8 Å². The Morgan fingerprint density at radius 1 is 0.947 bits per heavy atom. The van der Waals surface area contributed by atoms with Crippen LogP contribution in [0.25, 0.3) is 0 Å². The highest BCUT2D eigenvalue weighted by Crippen LogP contribution is 2.26. The fourth-order valence-corrected chi connectivity index (χ4v) is 2.50. The summed E-state index contributed by atoms with van der Waals surface area (Å²) in [6, 6.07) is 9.77. The van der Waals surface area contributed by atoms with Crippen molar-refractivity contribution < 1.29 is 8.78 Å². The third-order valence-electron chi connectivity index (χ3n) is 3.46. The zero-order valence-electron chi connectivity index (χ0n) is 11.5. The summed E-state index contributed by atoms with van der Waals surface area (Å²) in [6.45, 7) is 6.05. The smallest absolute Gasteiger partial charge is 0.129 e. The van der Waals surface area contributed by atoms with Gasteiger partial charge < -0.3 is 0 Å². The Bertz CT molecular complexity index is 547. The molecule has 0 fully saturated rings. The lowest BCUT2D eigenvalue weighted by atomic mass is 9.93. The van der Waals surface area contributed by atoms with E-state index in [-0.39, 0.29) is 5.82 Å². The van der Waals surface area contributed by atoms with Gasteiger partial charge in [0.15, 0.2) is 0 Å². The van der Waals surface area contributed by atoms with Crippen LogP contribution in [0.1, 0.15) is 34.0 Å². The predicted octanol–water partition coefficient (Wildman–Crippen LogP) is 5.00. The maximum absolute atomic E-state index is 14.3. The second-order valence-corrected chi connectivity index (χ2v) is 5.10. The quantitative estimate of drug-likeness (QED) is 0.728. The molecular formula is C17H18F2. The molecular weight excluding hydrogens is 242 g/mol. The van der Waals surface area contributed by atoms with Gasteiger partial charge in [-0.25, -0.2) is 8.78 Å². The van der Waals surface area contributed by atoms with Crippen molar-refractivity contribution in [3.63, 3.8) is 0 Å². The Balaban J connectivity index is 2.24. The van der Waals surface area contributed by atoms with Crippen LogP contribution in [0.3, 0.4) is 0 Å². The average Bonchev–Trinajstić information content (AvgIpc) is 2.34. The lowest BCUT2D eigenvalue weighted by Gasteiger charge is -2.14. The SMILES string of the molecule is Cc1cc(C)c(CC(F)c2ccc(F)cc2)c(C)c1. The van der Waals surface area contributed by atoms with Crippen molar-refractivity contribution in [3.05, 3.63) is 70.0 Å². The minimum Gasteiger partial charge on any atom is -0.242 e. The van der Waals surface area contributed by atoms with Gasteiger partial charge in [0.25, 0.3) is 0 Å². The van der Waals surface area contributed by atoms with Gasteiger partial charge in [-0.2, -0.15) is 0 Å². The number of rotatable bonds is 3. The number of hydrogen-bond donors (Lipinski definition) is 0. The molecule has 2 aromatic carbocycles. The molecule has 0 radical (unpaired) electrons. The van der Waals surface area contributed by atoms with E-state index in [1.165, 1.54) is 29.8 Å². The first-order valence-electron chi connectivity index (χ1n) is 6.43. The van der Waals surface area contributed by atoms with Crippen LogP contribution in [-0.2, 0) is 6.42 Å². The van der Waals surface area contributed by atoms with E-state index in [1.54, 1.807) is 0 Å². The van der Waals surface area contributed by atoms with E-state index in [2.05, 4.69) is 12.1 Å². The molecule has 100 valence electrons. The van der Waals surface area contributed by atoms with Crippen molar-refractivity contribution in [1.29, 1.82) is 0 Å². The summed E-state index contributed by atoms with van der Waals surface area (Å²) in [6.07, 6.45) is -0.760. The van der Waals surface area contributed by atoms with Crippen LogP contribution in [0.5, 0.6) is 0 Å². The Morgan fingerprint density at radius 3 is 2.00 bits per heavy atom. The number of alkyl halides is 1. The van der Waals surface area contributed by atoms with Crippen molar-refractivity contribution in [2.45, 2.75) is 33.4 Å². The van der Waals surface area contributed by atoms with Gasteiger partial charge in [0.2, 0.25) is 0 Å². The Hall–Kier alpha value is -1.70. The highest BCUT2D eigenvalue weighted by molar-refractivity contribution is 5.38. The van der Waals surface area contributed by atoms with Crippen LogP contribution in [0.4, 0.5) is 8.78 Å². The van der Waals surface area contributed by atoms with Gasteiger partial charge in [-0.15, -0.1) is 0 Å². The molecule has 1 atom stereocenters. The molecule has 0 N–H and O–H groups in total. The normalized spacial score (nSPS) is 12.5. The number of halogens is 2. The van der Waals surface area contributed by atoms with E-state index < -0.39 is 6.17 Å². The monoisotopic (exact) mass is 260 g/mol. The molecule has 19 heavy (non-hydrogen) atoms. The van der Waals surface area contributed by atoms with Crippen LogP contribution in [0, 0.1) is 26.6 Å². The van der Waals surface area contributed by atoms with E-state index in [0.29, 0.717) is 12.0 Å². The van der Waals surface area contributed by atoms with Crippen LogP contribution in [-0.4, -0.2) is 0 Å². The lowest BCUT2D eigenvalue weighted by molar-refractivity contribution is 0.341. The number of benzene rings is 2. The van der Waals surface area contributed by atoms with Crippen LogP contribution in [0.2, 0.25) is 0 Å². The summed E-state index contributed by atoms with van der Waals surface area (Å²) in [5.41, 5.74) is 4.99. The molecule has 2 rings (SSSR count). The third-order valence-corrected chi connectivity index (χ3v) is 3.46. The van der Waals surface area contributed by atoms with E-state index in [4.69, 9.17) is 0 Å². The minimum atomic E-state index is -1.10.